The molecule has 1 fully saturated rings. The van der Waals surface area contributed by atoms with E-state index in [-0.39, 0.29) is 32.0 Å². The molecule has 13 heteroatoms. The third-order valence-corrected chi connectivity index (χ3v) is 10.7. The fourth-order valence-electron chi connectivity index (χ4n) is 6.84. The molecule has 4 atom stereocenters. The molecule has 2 aromatic heterocycles. The van der Waals surface area contributed by atoms with Gasteiger partial charge in [0.25, 0.3) is 0 Å². The first-order valence-electron chi connectivity index (χ1n) is 20.3. The van der Waals surface area contributed by atoms with Crippen molar-refractivity contribution < 1.29 is 32.9 Å². The summed E-state index contributed by atoms with van der Waals surface area (Å²) in [5, 5.41) is 13.7. The van der Waals surface area contributed by atoms with Gasteiger partial charge in [-0.1, -0.05) is 109 Å². The molecule has 3 N–H and O–H groups in total. The third-order valence-electron chi connectivity index (χ3n) is 10.0. The maximum atomic E-state index is 10.6. The van der Waals surface area contributed by atoms with Crippen LogP contribution in [0, 0.1) is 11.3 Å². The minimum Gasteiger partial charge on any atom is -0.495 e. The largest absolute Gasteiger partial charge is 0.495 e. The van der Waals surface area contributed by atoms with E-state index in [0.29, 0.717) is 30.3 Å². The lowest BCUT2D eigenvalue weighted by molar-refractivity contribution is -0.0493. The average Bonchev–Trinajstić information content (AvgIpc) is 3.85. The van der Waals surface area contributed by atoms with Gasteiger partial charge in [-0.3, -0.25) is 0 Å². The van der Waals surface area contributed by atoms with Crippen LogP contribution in [0.25, 0.3) is 5.52 Å². The molecular weight excluding hydrogens is 705 g/mol. The number of nitrogens with two attached hydrogens (primary N) is 1. The summed E-state index contributed by atoms with van der Waals surface area (Å²) in [6.45, 7) is 3.81. The number of rotatable bonds is 30. The van der Waals surface area contributed by atoms with Crippen LogP contribution in [0.5, 0.6) is 5.75 Å². The first-order chi connectivity index (χ1) is 26.5. The molecule has 1 aliphatic rings. The second-order valence-electron chi connectivity index (χ2n) is 14.3. The predicted octanol–water partition coefficient (Wildman–Crippen LogP) is 9.53. The van der Waals surface area contributed by atoms with Crippen LogP contribution in [-0.2, 0) is 29.9 Å². The van der Waals surface area contributed by atoms with Gasteiger partial charge < -0.3 is 38.6 Å². The Hall–Kier alpha value is -2.88. The highest BCUT2D eigenvalue weighted by atomic mass is 31.2. The van der Waals surface area contributed by atoms with E-state index in [1.807, 2.05) is 18.2 Å². The topological polar surface area (TPSA) is 156 Å². The monoisotopic (exact) mass is 769 g/mol. The Labute approximate surface area is 324 Å². The number of ether oxygens (including phenoxy) is 4. The Morgan fingerprint density at radius 2 is 1.61 bits per heavy atom. The van der Waals surface area contributed by atoms with Gasteiger partial charge in [-0.2, -0.15) is 10.4 Å². The number of fused-ring (bicyclic) bond motifs is 1. The standard InChI is InChI=1S/C41H64N5O7P/c1-3-4-5-6-7-8-9-10-11-12-13-14-15-16-17-18-25-49-29-36(50-28-33-19-20-34(27-42)40(26-33)48-2)31-52-54(47)51-30-35-21-24-39(53-35)37-22-23-38-41(43)44-32-45-46(37)38/h19-20,22-23,26,32,35-36,39,47H,3-18,21,24-25,28-31H2,1-2H3,(H2,43,44,45). The lowest BCUT2D eigenvalue weighted by Gasteiger charge is -2.21. The van der Waals surface area contributed by atoms with Crippen LogP contribution in [0.15, 0.2) is 36.7 Å². The van der Waals surface area contributed by atoms with Crippen LogP contribution in [0.3, 0.4) is 0 Å². The normalized spacial score (nSPS) is 16.9. The van der Waals surface area contributed by atoms with Crippen molar-refractivity contribution in [3.05, 3.63) is 53.5 Å². The molecule has 54 heavy (non-hydrogen) atoms. The minimum atomic E-state index is -2.16. The van der Waals surface area contributed by atoms with E-state index >= 15 is 0 Å². The molecule has 4 unspecified atom stereocenters. The molecular formula is C41H64N5O7P. The predicted molar refractivity (Wildman–Crippen MR) is 212 cm³/mol. The highest BCUT2D eigenvalue weighted by Crippen LogP contribution is 2.38. The van der Waals surface area contributed by atoms with Gasteiger partial charge in [-0.25, -0.2) is 9.50 Å². The van der Waals surface area contributed by atoms with Crippen LogP contribution in [0.4, 0.5) is 5.82 Å². The van der Waals surface area contributed by atoms with E-state index in [9.17, 15) is 10.2 Å². The molecule has 0 radical (unpaired) electrons. The molecule has 0 spiro atoms. The summed E-state index contributed by atoms with van der Waals surface area (Å²) in [7, 11) is -0.615. The number of unbranched alkanes of at least 4 members (excludes halogenated alkanes) is 15. The SMILES string of the molecule is CCCCCCCCCCCCCCCCCCOCC(COP(O)OCC1CCC(c2ccc3c(N)ncnn23)O1)OCc1ccc(C#N)c(OC)c1. The zero-order valence-corrected chi connectivity index (χ0v) is 33.6. The fraction of sp³-hybridized carbons (Fsp3) is 0.683. The van der Waals surface area contributed by atoms with Gasteiger partial charge in [0.1, 0.15) is 35.9 Å². The van der Waals surface area contributed by atoms with Crippen molar-refractivity contribution in [1.82, 2.24) is 14.6 Å². The number of nitrogen functional groups attached to an aromatic ring is 1. The van der Waals surface area contributed by atoms with Crippen molar-refractivity contribution in [2.45, 2.75) is 147 Å². The molecule has 3 heterocycles. The lowest BCUT2D eigenvalue weighted by Crippen LogP contribution is -2.25. The van der Waals surface area contributed by atoms with Crippen molar-refractivity contribution >= 4 is 19.9 Å². The van der Waals surface area contributed by atoms with Crippen LogP contribution in [0.2, 0.25) is 0 Å². The molecule has 1 saturated heterocycles. The molecule has 0 saturated carbocycles. The Bertz CT molecular complexity index is 1500. The Kier molecular flexibility index (Phi) is 21.2. The van der Waals surface area contributed by atoms with Gasteiger partial charge >= 0.3 is 8.60 Å². The zero-order valence-electron chi connectivity index (χ0n) is 32.7. The molecule has 1 aliphatic heterocycles. The third kappa shape index (κ3) is 15.7. The van der Waals surface area contributed by atoms with Gasteiger partial charge in [0.15, 0.2) is 5.82 Å². The maximum Gasteiger partial charge on any atom is 0.330 e. The summed E-state index contributed by atoms with van der Waals surface area (Å²) >= 11 is 0. The highest BCUT2D eigenvalue weighted by Gasteiger charge is 2.30. The van der Waals surface area contributed by atoms with Gasteiger partial charge in [-0.05, 0) is 49.1 Å². The molecule has 3 aromatic rings. The number of nitriles is 1. The molecule has 12 nitrogen and oxygen atoms in total. The summed E-state index contributed by atoms with van der Waals surface area (Å²) in [6.07, 6.45) is 23.5. The second-order valence-corrected chi connectivity index (χ2v) is 15.3. The van der Waals surface area contributed by atoms with E-state index < -0.39 is 14.7 Å². The smallest absolute Gasteiger partial charge is 0.330 e. The van der Waals surface area contributed by atoms with Crippen molar-refractivity contribution in [3.63, 3.8) is 0 Å². The van der Waals surface area contributed by atoms with Crippen molar-refractivity contribution in [2.75, 3.05) is 39.3 Å². The first kappa shape index (κ1) is 43.8. The molecule has 0 amide bonds. The highest BCUT2D eigenvalue weighted by molar-refractivity contribution is 7.40. The van der Waals surface area contributed by atoms with E-state index in [1.54, 1.807) is 16.6 Å². The van der Waals surface area contributed by atoms with Crippen LogP contribution in [-0.4, -0.2) is 65.2 Å². The number of methoxy groups -OCH3 is 1. The summed E-state index contributed by atoms with van der Waals surface area (Å²) < 4.78 is 36.9. The zero-order chi connectivity index (χ0) is 38.2. The second kappa shape index (κ2) is 26.1. The Morgan fingerprint density at radius 1 is 0.926 bits per heavy atom. The molecule has 300 valence electrons. The quantitative estimate of drug-likeness (QED) is 0.0492. The molecule has 4 rings (SSSR count). The van der Waals surface area contributed by atoms with E-state index in [0.717, 1.165) is 42.5 Å². The Balaban J connectivity index is 1.10. The van der Waals surface area contributed by atoms with Gasteiger partial charge in [-0.15, -0.1) is 0 Å². The number of anilines is 1. The van der Waals surface area contributed by atoms with E-state index in [1.165, 1.54) is 103 Å². The molecule has 0 aliphatic carbocycles. The van der Waals surface area contributed by atoms with Crippen LogP contribution < -0.4 is 10.5 Å². The Morgan fingerprint density at radius 3 is 2.28 bits per heavy atom. The first-order valence-corrected chi connectivity index (χ1v) is 21.4. The number of hydrogen-bond donors (Lipinski definition) is 2. The summed E-state index contributed by atoms with van der Waals surface area (Å²) in [5.41, 5.74) is 8.95. The number of hydrogen-bond acceptors (Lipinski definition) is 11. The maximum absolute atomic E-state index is 10.6. The van der Waals surface area contributed by atoms with Gasteiger partial charge in [0.05, 0.1) is 50.9 Å². The van der Waals surface area contributed by atoms with Crippen LogP contribution >= 0.6 is 8.60 Å². The average molecular weight is 770 g/mol. The van der Waals surface area contributed by atoms with Crippen LogP contribution in [0.1, 0.15) is 145 Å². The number of nitrogens with zero attached hydrogens (tertiary/aromatic N) is 4. The molecule has 1 aromatic carbocycles. The summed E-state index contributed by atoms with van der Waals surface area (Å²) in [6, 6.07) is 11.3. The lowest BCUT2D eigenvalue weighted by atomic mass is 10.0. The summed E-state index contributed by atoms with van der Waals surface area (Å²) in [5.74, 6) is 0.916. The van der Waals surface area contributed by atoms with E-state index in [2.05, 4.69) is 23.1 Å². The van der Waals surface area contributed by atoms with E-state index in [4.69, 9.17) is 33.7 Å². The fourth-order valence-corrected chi connectivity index (χ4v) is 7.50. The van der Waals surface area contributed by atoms with Crippen molar-refractivity contribution in [2.24, 2.45) is 0 Å². The minimum absolute atomic E-state index is 0.0972. The number of aromatic nitrogens is 3. The van der Waals surface area contributed by atoms with Crippen molar-refractivity contribution in [1.29, 1.82) is 5.26 Å². The summed E-state index contributed by atoms with van der Waals surface area (Å²) in [4.78, 5) is 14.7. The van der Waals surface area contributed by atoms with Gasteiger partial charge in [0.2, 0.25) is 0 Å². The van der Waals surface area contributed by atoms with Gasteiger partial charge in [0, 0.05) is 6.61 Å². The van der Waals surface area contributed by atoms with Crippen molar-refractivity contribution in [3.8, 4) is 11.8 Å². The molecule has 0 bridgehead atoms. The number of benzene rings is 1.